The Balaban J connectivity index is 1.42. The van der Waals surface area contributed by atoms with Crippen molar-refractivity contribution in [1.82, 2.24) is 19.7 Å². The minimum Gasteiger partial charge on any atom is -0.324 e. The molecule has 5 rings (SSSR count). The normalized spacial score (nSPS) is 20.6. The van der Waals surface area contributed by atoms with Gasteiger partial charge in [-0.15, -0.1) is 5.10 Å². The van der Waals surface area contributed by atoms with Crippen LogP contribution in [0.3, 0.4) is 0 Å². The van der Waals surface area contributed by atoms with Crippen LogP contribution in [0.15, 0.2) is 36.7 Å². The molecular formula is C21H22FN5O. The summed E-state index contributed by atoms with van der Waals surface area (Å²) in [6, 6.07) is 6.44. The van der Waals surface area contributed by atoms with Gasteiger partial charge in [-0.2, -0.15) is 0 Å². The van der Waals surface area contributed by atoms with E-state index in [1.54, 1.807) is 24.5 Å². The number of pyridine rings is 1. The fraction of sp³-hybridized carbons (Fsp3) is 0.381. The van der Waals surface area contributed by atoms with Gasteiger partial charge in [0.15, 0.2) is 5.65 Å². The van der Waals surface area contributed by atoms with E-state index in [1.807, 2.05) is 11.0 Å². The third kappa shape index (κ3) is 3.00. The number of hydrogen-bond donors (Lipinski definition) is 1. The van der Waals surface area contributed by atoms with E-state index in [2.05, 4.69) is 29.2 Å². The van der Waals surface area contributed by atoms with Gasteiger partial charge in [0, 0.05) is 36.6 Å². The molecule has 3 aromatic rings. The van der Waals surface area contributed by atoms with Crippen molar-refractivity contribution in [2.75, 3.05) is 18.4 Å². The first kappa shape index (κ1) is 17.2. The highest BCUT2D eigenvalue weighted by Crippen LogP contribution is 2.44. The highest BCUT2D eigenvalue weighted by molar-refractivity contribution is 5.90. The number of nitrogens with one attached hydrogen (secondary N) is 1. The Bertz CT molecular complexity index is 1070. The lowest BCUT2D eigenvalue weighted by Crippen LogP contribution is -2.34. The number of likely N-dealkylation sites (tertiary alicyclic amines) is 1. The first-order chi connectivity index (χ1) is 13.5. The molecule has 7 heteroatoms. The molecule has 1 saturated heterocycles. The molecular weight excluding hydrogens is 357 g/mol. The van der Waals surface area contributed by atoms with Crippen molar-refractivity contribution in [3.8, 4) is 5.69 Å². The van der Waals surface area contributed by atoms with E-state index in [1.165, 1.54) is 17.2 Å². The maximum Gasteiger partial charge on any atom is 0.321 e. The van der Waals surface area contributed by atoms with Crippen LogP contribution in [-0.2, 0) is 0 Å². The Hall–Kier alpha value is -2.96. The van der Waals surface area contributed by atoms with Gasteiger partial charge >= 0.3 is 6.03 Å². The maximum atomic E-state index is 14.5. The molecule has 1 saturated carbocycles. The molecule has 1 unspecified atom stereocenters. The summed E-state index contributed by atoms with van der Waals surface area (Å²) in [7, 11) is 0. The molecule has 0 bridgehead atoms. The maximum absolute atomic E-state index is 14.5. The number of aromatic nitrogens is 3. The van der Waals surface area contributed by atoms with Crippen molar-refractivity contribution in [3.63, 3.8) is 0 Å². The van der Waals surface area contributed by atoms with E-state index in [0.29, 0.717) is 29.1 Å². The van der Waals surface area contributed by atoms with Crippen molar-refractivity contribution in [1.29, 1.82) is 0 Å². The zero-order valence-corrected chi connectivity index (χ0v) is 15.9. The fourth-order valence-corrected chi connectivity index (χ4v) is 3.90. The molecule has 144 valence electrons. The van der Waals surface area contributed by atoms with E-state index in [0.717, 1.165) is 24.0 Å². The highest BCUT2D eigenvalue weighted by atomic mass is 19.1. The van der Waals surface area contributed by atoms with E-state index in [4.69, 9.17) is 0 Å². The Labute approximate surface area is 162 Å². The fourth-order valence-electron chi connectivity index (χ4n) is 3.90. The van der Waals surface area contributed by atoms with Crippen LogP contribution in [0.25, 0.3) is 16.7 Å². The zero-order chi connectivity index (χ0) is 19.4. The lowest BCUT2D eigenvalue weighted by atomic mass is 10.1. The molecule has 1 aliphatic carbocycles. The number of urea groups is 1. The molecule has 6 nitrogen and oxygen atoms in total. The number of benzene rings is 1. The smallest absolute Gasteiger partial charge is 0.321 e. The van der Waals surface area contributed by atoms with E-state index < -0.39 is 5.82 Å². The van der Waals surface area contributed by atoms with Gasteiger partial charge in [0.1, 0.15) is 11.5 Å². The van der Waals surface area contributed by atoms with Gasteiger partial charge < -0.3 is 10.2 Å². The summed E-state index contributed by atoms with van der Waals surface area (Å²) >= 11 is 0. The minimum atomic E-state index is -0.405. The molecule has 1 aliphatic heterocycles. The Morgan fingerprint density at radius 1 is 1.25 bits per heavy atom. The Morgan fingerprint density at radius 2 is 2.04 bits per heavy atom. The van der Waals surface area contributed by atoms with E-state index >= 15 is 0 Å². The number of rotatable bonds is 3. The number of anilines is 1. The molecule has 2 aromatic heterocycles. The second-order valence-corrected chi connectivity index (χ2v) is 8.17. The molecule has 0 spiro atoms. The molecule has 2 atom stereocenters. The third-order valence-corrected chi connectivity index (χ3v) is 5.76. The highest BCUT2D eigenvalue weighted by Gasteiger charge is 2.46. The van der Waals surface area contributed by atoms with Gasteiger partial charge in [0.2, 0.25) is 0 Å². The Kier molecular flexibility index (Phi) is 3.86. The van der Waals surface area contributed by atoms with Crippen LogP contribution < -0.4 is 5.32 Å². The molecule has 28 heavy (non-hydrogen) atoms. The average Bonchev–Trinajstić information content (AvgIpc) is 3.10. The topological polar surface area (TPSA) is 63.1 Å². The van der Waals surface area contributed by atoms with Gasteiger partial charge in [-0.05, 0) is 54.0 Å². The number of amides is 2. The predicted molar refractivity (Wildman–Crippen MR) is 105 cm³/mol. The largest absolute Gasteiger partial charge is 0.324 e. The number of piperidine rings is 1. The van der Waals surface area contributed by atoms with Gasteiger partial charge in [0.25, 0.3) is 0 Å². The van der Waals surface area contributed by atoms with Crippen molar-refractivity contribution in [3.05, 3.63) is 48.0 Å². The summed E-state index contributed by atoms with van der Waals surface area (Å²) in [5, 5.41) is 8.14. The lowest BCUT2D eigenvalue weighted by Gasteiger charge is -2.19. The van der Waals surface area contributed by atoms with Crippen LogP contribution in [0, 0.1) is 17.7 Å². The molecule has 0 radical (unpaired) electrons. The van der Waals surface area contributed by atoms with E-state index in [9.17, 15) is 9.18 Å². The van der Waals surface area contributed by atoms with Crippen LogP contribution in [0.1, 0.15) is 31.7 Å². The molecule has 1 aromatic carbocycles. The number of carbonyl (C=O) groups is 1. The van der Waals surface area contributed by atoms with Crippen LogP contribution in [-0.4, -0.2) is 38.8 Å². The summed E-state index contributed by atoms with van der Waals surface area (Å²) in [6.07, 6.45) is 4.81. The molecule has 2 amide bonds. The summed E-state index contributed by atoms with van der Waals surface area (Å²) in [5.41, 5.74) is 2.51. The second kappa shape index (κ2) is 6.29. The first-order valence-corrected chi connectivity index (χ1v) is 9.69. The summed E-state index contributed by atoms with van der Waals surface area (Å²) in [5.74, 6) is 1.30. The number of halogens is 1. The SMILES string of the molecule is CC(C)c1cnc2nn(-c3cc(NC(=O)N4CC5C[C@H]5C4)ccc3F)cc2c1. The van der Waals surface area contributed by atoms with Gasteiger partial charge in [-0.1, -0.05) is 13.8 Å². The van der Waals surface area contributed by atoms with Gasteiger partial charge in [-0.3, -0.25) is 0 Å². The number of fused-ring (bicyclic) bond motifs is 2. The minimum absolute atomic E-state index is 0.126. The van der Waals surface area contributed by atoms with Gasteiger partial charge in [0.05, 0.1) is 0 Å². The predicted octanol–water partition coefficient (Wildman–Crippen LogP) is 4.17. The van der Waals surface area contributed by atoms with Crippen molar-refractivity contribution < 1.29 is 9.18 Å². The number of hydrogen-bond acceptors (Lipinski definition) is 3. The first-order valence-electron chi connectivity index (χ1n) is 9.69. The zero-order valence-electron chi connectivity index (χ0n) is 15.9. The van der Waals surface area contributed by atoms with Crippen molar-refractivity contribution in [2.24, 2.45) is 11.8 Å². The van der Waals surface area contributed by atoms with Crippen LogP contribution >= 0.6 is 0 Å². The Morgan fingerprint density at radius 3 is 2.79 bits per heavy atom. The van der Waals surface area contributed by atoms with Crippen LogP contribution in [0.4, 0.5) is 14.9 Å². The van der Waals surface area contributed by atoms with Crippen LogP contribution in [0.2, 0.25) is 0 Å². The average molecular weight is 379 g/mol. The van der Waals surface area contributed by atoms with Crippen molar-refractivity contribution >= 4 is 22.8 Å². The molecule has 1 N–H and O–H groups in total. The standard InChI is InChI=1S/C21H22FN5O/c1-12(2)13-5-16-11-27(25-20(16)23-8-13)19-7-17(3-4-18(19)22)24-21(28)26-9-14-6-15(14)10-26/h3-5,7-8,11-12,14-15H,6,9-10H2,1-2H3,(H,24,28)/t14-,15?/m0/s1. The summed E-state index contributed by atoms with van der Waals surface area (Å²) in [6.45, 7) is 5.84. The second-order valence-electron chi connectivity index (χ2n) is 8.17. The molecule has 2 fully saturated rings. The monoisotopic (exact) mass is 379 g/mol. The molecule has 2 aliphatic rings. The van der Waals surface area contributed by atoms with Gasteiger partial charge in [-0.25, -0.2) is 18.9 Å². The number of nitrogens with zero attached hydrogens (tertiary/aromatic N) is 4. The summed E-state index contributed by atoms with van der Waals surface area (Å²) in [4.78, 5) is 18.7. The third-order valence-electron chi connectivity index (χ3n) is 5.76. The molecule has 3 heterocycles. The summed E-state index contributed by atoms with van der Waals surface area (Å²) < 4.78 is 16.0. The number of carbonyl (C=O) groups excluding carboxylic acids is 1. The van der Waals surface area contributed by atoms with Crippen LogP contribution in [0.5, 0.6) is 0 Å². The van der Waals surface area contributed by atoms with E-state index in [-0.39, 0.29) is 11.7 Å². The lowest BCUT2D eigenvalue weighted by molar-refractivity contribution is 0.217. The quantitative estimate of drug-likeness (QED) is 0.743. The van der Waals surface area contributed by atoms with Crippen molar-refractivity contribution in [2.45, 2.75) is 26.2 Å².